The molecule has 1 amide bonds. The largest absolute Gasteiger partial charge is 0.486 e. The van der Waals surface area contributed by atoms with Gasteiger partial charge in [-0.2, -0.15) is 4.99 Å². The summed E-state index contributed by atoms with van der Waals surface area (Å²) in [4.78, 5) is 62.3. The van der Waals surface area contributed by atoms with Crippen LogP contribution < -0.4 is 19.7 Å². The zero-order valence-corrected chi connectivity index (χ0v) is 30.8. The minimum Gasteiger partial charge on any atom is -0.486 e. The summed E-state index contributed by atoms with van der Waals surface area (Å²) in [5.74, 6) is -3.29. The maximum atomic E-state index is 14.5. The van der Waals surface area contributed by atoms with Crippen molar-refractivity contribution in [3.8, 4) is 11.5 Å². The summed E-state index contributed by atoms with van der Waals surface area (Å²) in [6.07, 6.45) is -8.36. The average molecular weight is 799 g/mol. The number of fused-ring (bicyclic) bond motifs is 6. The van der Waals surface area contributed by atoms with E-state index >= 15 is 0 Å². The molecule has 0 saturated carbocycles. The molecule has 4 heterocycles. The molecule has 8 rings (SSSR count). The average Bonchev–Trinajstić information content (AvgIpc) is 3.63. The van der Waals surface area contributed by atoms with E-state index in [9.17, 15) is 44.7 Å². The van der Waals surface area contributed by atoms with Crippen LogP contribution in [-0.4, -0.2) is 136 Å². The number of carbonyl (C=O) groups is 4. The van der Waals surface area contributed by atoms with E-state index in [1.807, 2.05) is 0 Å². The Labute approximate surface area is 329 Å². The molecule has 3 aromatic rings. The first-order chi connectivity index (χ1) is 28.0. The number of nitrogens with one attached hydrogen (secondary N) is 3. The molecule has 1 saturated heterocycles. The summed E-state index contributed by atoms with van der Waals surface area (Å²) in [6.45, 7) is -1.48. The van der Waals surface area contributed by atoms with Crippen molar-refractivity contribution in [1.29, 1.82) is 5.41 Å². The molecule has 0 aromatic heterocycles. The predicted molar refractivity (Wildman–Crippen MR) is 200 cm³/mol. The molecule has 18 heteroatoms. The van der Waals surface area contributed by atoms with Crippen LogP contribution in [0.15, 0.2) is 64.6 Å². The number of quaternary nitrogens is 1. The van der Waals surface area contributed by atoms with Crippen molar-refractivity contribution < 1.29 is 68.6 Å². The summed E-state index contributed by atoms with van der Waals surface area (Å²) in [6, 6.07) is 14.8. The van der Waals surface area contributed by atoms with Crippen LogP contribution in [0.3, 0.4) is 0 Å². The van der Waals surface area contributed by atoms with Gasteiger partial charge in [0.15, 0.2) is 35.3 Å². The van der Waals surface area contributed by atoms with E-state index in [2.05, 4.69) is 15.3 Å². The lowest BCUT2D eigenvalue weighted by atomic mass is 9.78. The molecule has 5 aliphatic rings. The Bertz CT molecular complexity index is 2280. The molecule has 0 spiro atoms. The van der Waals surface area contributed by atoms with Crippen molar-refractivity contribution in [2.45, 2.75) is 61.5 Å². The van der Waals surface area contributed by atoms with Gasteiger partial charge in [-0.25, -0.2) is 9.89 Å². The van der Waals surface area contributed by atoms with Gasteiger partial charge in [0, 0.05) is 59.8 Å². The Morgan fingerprint density at radius 3 is 2.55 bits per heavy atom. The quantitative estimate of drug-likeness (QED) is 0.0914. The number of hydrogen-bond acceptors (Lipinski definition) is 15. The van der Waals surface area contributed by atoms with Crippen LogP contribution in [0.5, 0.6) is 11.5 Å². The number of rotatable bonds is 9. The fraction of sp³-hybridized carbons (Fsp3) is 0.375. The van der Waals surface area contributed by atoms with Gasteiger partial charge in [0.05, 0.1) is 18.3 Å². The highest BCUT2D eigenvalue weighted by Crippen LogP contribution is 2.49. The van der Waals surface area contributed by atoms with E-state index in [1.165, 1.54) is 18.2 Å². The van der Waals surface area contributed by atoms with Crippen LogP contribution in [0, 0.1) is 5.41 Å². The number of aldehydes is 1. The summed E-state index contributed by atoms with van der Waals surface area (Å²) >= 11 is 0. The van der Waals surface area contributed by atoms with Crippen molar-refractivity contribution >= 4 is 47.0 Å². The Balaban J connectivity index is 1.39. The Morgan fingerprint density at radius 2 is 1.79 bits per heavy atom. The molecular formula is C40H40N5O13+. The second kappa shape index (κ2) is 15.6. The summed E-state index contributed by atoms with van der Waals surface area (Å²) in [7, 11) is 0. The second-order valence-corrected chi connectivity index (χ2v) is 14.6. The number of aliphatic imine (C=N–C) groups is 2. The third-order valence-corrected chi connectivity index (χ3v) is 11.0. The summed E-state index contributed by atoms with van der Waals surface area (Å²) in [5.41, 5.74) is -1.17. The minimum absolute atomic E-state index is 0.0151. The number of aliphatic hydroxyl groups is 5. The SMILES string of the molecule is N=C1N=C2C(=NC[NH+]2c2ccccc2C2CCOCC3OC(Oc4c2cc2c(c4OCC(O)CC=O)C(=O)c4ccccc4C2=O)C(O)(CCO)C(O)C3O)C(=O)N1. The maximum Gasteiger partial charge on any atom is 0.284 e. The highest BCUT2D eigenvalue weighted by atomic mass is 16.7. The molecule has 1 aliphatic carbocycles. The number of hydrogen-bond donors (Lipinski definition) is 8. The molecule has 3 aromatic carbocycles. The molecule has 8 atom stereocenters. The van der Waals surface area contributed by atoms with Crippen molar-refractivity contribution in [3.63, 3.8) is 0 Å². The molecule has 58 heavy (non-hydrogen) atoms. The normalized spacial score (nSPS) is 28.3. The van der Waals surface area contributed by atoms with Crippen molar-refractivity contribution in [2.75, 3.05) is 33.1 Å². The van der Waals surface area contributed by atoms with Gasteiger partial charge in [0.1, 0.15) is 36.9 Å². The molecule has 302 valence electrons. The van der Waals surface area contributed by atoms with E-state index in [0.29, 0.717) is 22.4 Å². The Hall–Kier alpha value is -5.57. The third kappa shape index (κ3) is 6.62. The lowest BCUT2D eigenvalue weighted by molar-refractivity contribution is -0.723. The fourth-order valence-electron chi connectivity index (χ4n) is 8.14. The van der Waals surface area contributed by atoms with Crippen LogP contribution in [-0.2, 0) is 19.1 Å². The number of guanidine groups is 1. The highest BCUT2D eigenvalue weighted by Gasteiger charge is 2.57. The Morgan fingerprint density at radius 1 is 1.05 bits per heavy atom. The van der Waals surface area contributed by atoms with Gasteiger partial charge in [-0.05, 0) is 18.6 Å². The van der Waals surface area contributed by atoms with Crippen LogP contribution in [0.4, 0.5) is 5.69 Å². The smallest absolute Gasteiger partial charge is 0.284 e. The van der Waals surface area contributed by atoms with Gasteiger partial charge in [0.25, 0.3) is 11.7 Å². The van der Waals surface area contributed by atoms with E-state index < -0.39 is 79.3 Å². The monoisotopic (exact) mass is 798 g/mol. The molecule has 2 bridgehead atoms. The number of benzene rings is 3. The molecule has 8 N–H and O–H groups in total. The predicted octanol–water partition coefficient (Wildman–Crippen LogP) is -1.33. The number of ether oxygens (including phenoxy) is 4. The molecule has 4 aliphatic heterocycles. The zero-order valence-electron chi connectivity index (χ0n) is 30.8. The lowest BCUT2D eigenvalue weighted by Crippen LogP contribution is -3.09. The van der Waals surface area contributed by atoms with Crippen molar-refractivity contribution in [3.05, 3.63) is 88.0 Å². The number of ketones is 2. The topological polar surface area (TPSA) is 271 Å². The van der Waals surface area contributed by atoms with Crippen molar-refractivity contribution in [1.82, 2.24) is 5.32 Å². The standard InChI is InChI=1S/C40H39N5O13/c41-39-43-36-29(37(53)44-39)42-18-45(36)26-8-4-3-5-21(26)20-10-14-55-17-27-32(51)35(52)40(54,11-13-47)38(57-27)58-33-24(20)15-25-28(34(33)56-16-19(48)9-12-46)31(50)23-7-2-1-6-22(23)30(25)49/h1-8,12,15,19-20,27,32,35,38,47-48,51-52,54H,9-11,13-14,16-18H2,(H2,41,44,53)/p+1. The first-order valence-electron chi connectivity index (χ1n) is 18.7. The highest BCUT2D eigenvalue weighted by molar-refractivity contribution is 6.68. The zero-order chi connectivity index (χ0) is 40.9. The van der Waals surface area contributed by atoms with Crippen LogP contribution in [0.25, 0.3) is 0 Å². The van der Waals surface area contributed by atoms with E-state index in [1.54, 1.807) is 36.4 Å². The number of aliphatic hydroxyl groups excluding tert-OH is 4. The first-order valence-corrected chi connectivity index (χ1v) is 18.7. The van der Waals surface area contributed by atoms with E-state index in [4.69, 9.17) is 24.4 Å². The van der Waals surface area contributed by atoms with Gasteiger partial charge in [-0.3, -0.25) is 25.1 Å². The van der Waals surface area contributed by atoms with Gasteiger partial charge < -0.3 is 49.3 Å². The van der Waals surface area contributed by atoms with Crippen LogP contribution >= 0.6 is 0 Å². The molecule has 0 radical (unpaired) electrons. The Kier molecular flexibility index (Phi) is 10.6. The molecule has 18 nitrogen and oxygen atoms in total. The number of para-hydroxylation sites is 1. The van der Waals surface area contributed by atoms with E-state index in [-0.39, 0.29) is 89.5 Å². The number of amides is 1. The van der Waals surface area contributed by atoms with Crippen molar-refractivity contribution in [2.24, 2.45) is 9.98 Å². The molecule has 8 unspecified atom stereocenters. The van der Waals surface area contributed by atoms with Gasteiger partial charge in [-0.15, -0.1) is 0 Å². The van der Waals surface area contributed by atoms with Crippen LogP contribution in [0.2, 0.25) is 0 Å². The molecule has 1 fully saturated rings. The molecular weight excluding hydrogens is 758 g/mol. The number of amidine groups is 1. The summed E-state index contributed by atoms with van der Waals surface area (Å²) < 4.78 is 25.0. The number of carbonyl (C=O) groups excluding carboxylic acids is 4. The first kappa shape index (κ1) is 39.3. The summed E-state index contributed by atoms with van der Waals surface area (Å²) in [5, 5.41) is 65.6. The van der Waals surface area contributed by atoms with Crippen LogP contribution in [0.1, 0.15) is 68.2 Å². The second-order valence-electron chi connectivity index (χ2n) is 14.6. The minimum atomic E-state index is -2.46. The number of nitrogens with zero attached hydrogens (tertiary/aromatic N) is 2. The van der Waals surface area contributed by atoms with Gasteiger partial charge in [0.2, 0.25) is 18.0 Å². The van der Waals surface area contributed by atoms with E-state index in [0.717, 1.165) is 0 Å². The van der Waals surface area contributed by atoms with Gasteiger partial charge >= 0.3 is 0 Å². The fourth-order valence-corrected chi connectivity index (χ4v) is 8.14. The van der Waals surface area contributed by atoms with Gasteiger partial charge in [-0.1, -0.05) is 42.5 Å². The maximum absolute atomic E-state index is 14.5. The third-order valence-electron chi connectivity index (χ3n) is 11.0. The lowest BCUT2D eigenvalue weighted by Gasteiger charge is -2.47.